The van der Waals surface area contributed by atoms with Crippen molar-refractivity contribution >= 4 is 17.3 Å². The molecular weight excluding hydrogens is 222 g/mol. The third-order valence-electron chi connectivity index (χ3n) is 2.52. The molecule has 0 spiro atoms. The Labute approximate surface area is 101 Å². The first-order chi connectivity index (χ1) is 7.69. The molecule has 1 atom stereocenters. The van der Waals surface area contributed by atoms with E-state index in [1.54, 1.807) is 11.3 Å². The SMILES string of the molecule is CCOC(=O)C(C)N(CC)Cc1cccs1. The third kappa shape index (κ3) is 3.61. The summed E-state index contributed by atoms with van der Waals surface area (Å²) >= 11 is 1.72. The maximum Gasteiger partial charge on any atom is 0.323 e. The van der Waals surface area contributed by atoms with Gasteiger partial charge in [0.2, 0.25) is 0 Å². The Hall–Kier alpha value is -0.870. The first kappa shape index (κ1) is 13.2. The lowest BCUT2D eigenvalue weighted by Gasteiger charge is -2.25. The Morgan fingerprint density at radius 3 is 2.81 bits per heavy atom. The molecule has 16 heavy (non-hydrogen) atoms. The van der Waals surface area contributed by atoms with Crippen LogP contribution in [0, 0.1) is 0 Å². The Balaban J connectivity index is 2.56. The highest BCUT2D eigenvalue weighted by atomic mass is 32.1. The van der Waals surface area contributed by atoms with E-state index in [0.717, 1.165) is 13.1 Å². The fraction of sp³-hybridized carbons (Fsp3) is 0.583. The molecular formula is C12H19NO2S. The van der Waals surface area contributed by atoms with E-state index >= 15 is 0 Å². The van der Waals surface area contributed by atoms with E-state index in [0.29, 0.717) is 6.61 Å². The van der Waals surface area contributed by atoms with Crippen LogP contribution in [0.25, 0.3) is 0 Å². The van der Waals surface area contributed by atoms with Gasteiger partial charge >= 0.3 is 5.97 Å². The Morgan fingerprint density at radius 2 is 2.31 bits per heavy atom. The molecule has 1 heterocycles. The van der Waals surface area contributed by atoms with E-state index in [4.69, 9.17) is 4.74 Å². The normalized spacial score (nSPS) is 12.8. The van der Waals surface area contributed by atoms with Gasteiger partial charge < -0.3 is 4.74 Å². The molecule has 0 N–H and O–H groups in total. The fourth-order valence-corrected chi connectivity index (χ4v) is 2.27. The van der Waals surface area contributed by atoms with Gasteiger partial charge in [-0.1, -0.05) is 13.0 Å². The van der Waals surface area contributed by atoms with Crippen molar-refractivity contribution in [2.45, 2.75) is 33.4 Å². The van der Waals surface area contributed by atoms with Gasteiger partial charge in [-0.2, -0.15) is 0 Å². The molecule has 90 valence electrons. The second kappa shape index (κ2) is 6.66. The molecule has 0 fully saturated rings. The minimum atomic E-state index is -0.174. The molecule has 0 aliphatic heterocycles. The van der Waals surface area contributed by atoms with Gasteiger partial charge in [0.15, 0.2) is 0 Å². The van der Waals surface area contributed by atoms with Gasteiger partial charge in [0.1, 0.15) is 6.04 Å². The summed E-state index contributed by atoms with van der Waals surface area (Å²) in [5, 5.41) is 2.05. The van der Waals surface area contributed by atoms with Crippen molar-refractivity contribution in [3.63, 3.8) is 0 Å². The van der Waals surface area contributed by atoms with Crippen molar-refractivity contribution in [3.8, 4) is 0 Å². The zero-order valence-corrected chi connectivity index (χ0v) is 10.9. The van der Waals surface area contributed by atoms with Crippen LogP contribution in [0.3, 0.4) is 0 Å². The number of hydrogen-bond acceptors (Lipinski definition) is 4. The van der Waals surface area contributed by atoms with Crippen molar-refractivity contribution < 1.29 is 9.53 Å². The van der Waals surface area contributed by atoms with E-state index in [1.165, 1.54) is 4.88 Å². The Kier molecular flexibility index (Phi) is 5.49. The molecule has 1 aromatic heterocycles. The highest BCUT2D eigenvalue weighted by Gasteiger charge is 2.21. The number of thiophene rings is 1. The Bertz CT molecular complexity index is 311. The summed E-state index contributed by atoms with van der Waals surface area (Å²) in [6, 6.07) is 3.95. The molecule has 3 nitrogen and oxygen atoms in total. The molecule has 1 rings (SSSR count). The maximum atomic E-state index is 11.6. The highest BCUT2D eigenvalue weighted by Crippen LogP contribution is 2.14. The Morgan fingerprint density at radius 1 is 1.56 bits per heavy atom. The zero-order valence-electron chi connectivity index (χ0n) is 10.1. The fourth-order valence-electron chi connectivity index (χ4n) is 1.54. The van der Waals surface area contributed by atoms with Crippen LogP contribution < -0.4 is 0 Å². The molecule has 1 aromatic rings. The van der Waals surface area contributed by atoms with Crippen molar-refractivity contribution in [1.29, 1.82) is 0 Å². The summed E-state index contributed by atoms with van der Waals surface area (Å²) in [6.45, 7) is 7.89. The van der Waals surface area contributed by atoms with Gasteiger partial charge in [0.25, 0.3) is 0 Å². The van der Waals surface area contributed by atoms with Gasteiger partial charge in [-0.3, -0.25) is 9.69 Å². The minimum Gasteiger partial charge on any atom is -0.465 e. The summed E-state index contributed by atoms with van der Waals surface area (Å²) in [7, 11) is 0. The second-order valence-electron chi connectivity index (χ2n) is 3.57. The van der Waals surface area contributed by atoms with Crippen LogP contribution in [0.1, 0.15) is 25.6 Å². The maximum absolute atomic E-state index is 11.6. The van der Waals surface area contributed by atoms with Crippen molar-refractivity contribution in [3.05, 3.63) is 22.4 Å². The average Bonchev–Trinajstić information content (AvgIpc) is 2.78. The van der Waals surface area contributed by atoms with E-state index < -0.39 is 0 Å². The summed E-state index contributed by atoms with van der Waals surface area (Å²) in [6.07, 6.45) is 0. The van der Waals surface area contributed by atoms with Crippen molar-refractivity contribution in [2.75, 3.05) is 13.2 Å². The molecule has 0 aliphatic carbocycles. The number of hydrogen-bond donors (Lipinski definition) is 0. The number of carbonyl (C=O) groups excluding carboxylic acids is 1. The lowest BCUT2D eigenvalue weighted by molar-refractivity contribution is -0.149. The van der Waals surface area contributed by atoms with Gasteiger partial charge in [-0.25, -0.2) is 0 Å². The summed E-state index contributed by atoms with van der Waals surface area (Å²) in [5.41, 5.74) is 0. The smallest absolute Gasteiger partial charge is 0.323 e. The van der Waals surface area contributed by atoms with Crippen LogP contribution in [0.4, 0.5) is 0 Å². The molecule has 0 bridgehead atoms. The highest BCUT2D eigenvalue weighted by molar-refractivity contribution is 7.09. The molecule has 1 unspecified atom stereocenters. The largest absolute Gasteiger partial charge is 0.465 e. The molecule has 0 aromatic carbocycles. The topological polar surface area (TPSA) is 29.5 Å². The molecule has 0 saturated carbocycles. The van der Waals surface area contributed by atoms with Crippen LogP contribution in [-0.4, -0.2) is 30.1 Å². The molecule has 4 heteroatoms. The van der Waals surface area contributed by atoms with Gasteiger partial charge in [0.05, 0.1) is 6.61 Å². The molecule has 0 saturated heterocycles. The summed E-state index contributed by atoms with van der Waals surface area (Å²) < 4.78 is 5.03. The van der Waals surface area contributed by atoms with E-state index in [-0.39, 0.29) is 12.0 Å². The van der Waals surface area contributed by atoms with Crippen molar-refractivity contribution in [2.24, 2.45) is 0 Å². The van der Waals surface area contributed by atoms with Crippen LogP contribution >= 0.6 is 11.3 Å². The second-order valence-corrected chi connectivity index (χ2v) is 4.60. The van der Waals surface area contributed by atoms with Crippen molar-refractivity contribution in [1.82, 2.24) is 4.90 Å². The van der Waals surface area contributed by atoms with Crippen LogP contribution in [0.2, 0.25) is 0 Å². The zero-order chi connectivity index (χ0) is 12.0. The number of ether oxygens (including phenoxy) is 1. The third-order valence-corrected chi connectivity index (χ3v) is 3.38. The number of likely N-dealkylation sites (N-methyl/N-ethyl adjacent to an activating group) is 1. The van der Waals surface area contributed by atoms with Crippen LogP contribution in [0.15, 0.2) is 17.5 Å². The number of nitrogens with zero attached hydrogens (tertiary/aromatic N) is 1. The lowest BCUT2D eigenvalue weighted by atomic mass is 10.2. The monoisotopic (exact) mass is 241 g/mol. The van der Waals surface area contributed by atoms with E-state index in [1.807, 2.05) is 19.9 Å². The number of esters is 1. The van der Waals surface area contributed by atoms with Crippen LogP contribution in [-0.2, 0) is 16.1 Å². The predicted molar refractivity (Wildman–Crippen MR) is 66.5 cm³/mol. The summed E-state index contributed by atoms with van der Waals surface area (Å²) in [5.74, 6) is -0.138. The lowest BCUT2D eigenvalue weighted by Crippen LogP contribution is -2.39. The number of carbonyl (C=O) groups is 1. The van der Waals surface area contributed by atoms with Gasteiger partial charge in [0, 0.05) is 11.4 Å². The van der Waals surface area contributed by atoms with E-state index in [2.05, 4.69) is 23.3 Å². The molecule has 0 radical (unpaired) electrons. The molecule has 0 aliphatic rings. The predicted octanol–water partition coefficient (Wildman–Crippen LogP) is 2.52. The molecule has 0 amide bonds. The van der Waals surface area contributed by atoms with E-state index in [9.17, 15) is 4.79 Å². The first-order valence-electron chi connectivity index (χ1n) is 5.62. The number of rotatable bonds is 6. The quantitative estimate of drug-likeness (QED) is 0.717. The average molecular weight is 241 g/mol. The van der Waals surface area contributed by atoms with Crippen LogP contribution in [0.5, 0.6) is 0 Å². The first-order valence-corrected chi connectivity index (χ1v) is 6.50. The summed E-state index contributed by atoms with van der Waals surface area (Å²) in [4.78, 5) is 15.0. The van der Waals surface area contributed by atoms with Gasteiger partial charge in [-0.15, -0.1) is 11.3 Å². The minimum absolute atomic E-state index is 0.138. The standard InChI is InChI=1S/C12H19NO2S/c1-4-13(9-11-7-6-8-16-11)10(3)12(14)15-5-2/h6-8,10H,4-5,9H2,1-3H3. The van der Waals surface area contributed by atoms with Gasteiger partial charge in [-0.05, 0) is 31.8 Å².